The fourth-order valence-corrected chi connectivity index (χ4v) is 3.96. The Morgan fingerprint density at radius 3 is 2.45 bits per heavy atom. The Morgan fingerprint density at radius 2 is 1.81 bits per heavy atom. The van der Waals surface area contributed by atoms with E-state index in [1.165, 1.54) is 0 Å². The highest BCUT2D eigenvalue weighted by Crippen LogP contribution is 2.39. The lowest BCUT2D eigenvalue weighted by molar-refractivity contribution is 0.0903. The Balaban J connectivity index is 1.81. The number of hydrogen-bond acceptors (Lipinski definition) is 4. The summed E-state index contributed by atoms with van der Waals surface area (Å²) in [5.41, 5.74) is 4.37. The largest absolute Gasteiger partial charge is 0.347 e. The highest BCUT2D eigenvalue weighted by molar-refractivity contribution is 6.30. The Hall–Kier alpha value is -2.79. The van der Waals surface area contributed by atoms with Gasteiger partial charge >= 0.3 is 0 Å². The number of benzene rings is 1. The number of rotatable bonds is 6. The van der Waals surface area contributed by atoms with E-state index in [0.29, 0.717) is 27.9 Å². The van der Waals surface area contributed by atoms with Crippen LogP contribution in [-0.2, 0) is 0 Å². The van der Waals surface area contributed by atoms with Gasteiger partial charge in [-0.05, 0) is 62.8 Å². The molecule has 0 spiro atoms. The third-order valence-electron chi connectivity index (χ3n) is 5.83. The highest BCUT2D eigenvalue weighted by Gasteiger charge is 2.39. The van der Waals surface area contributed by atoms with Gasteiger partial charge in [0.05, 0.1) is 17.1 Å². The summed E-state index contributed by atoms with van der Waals surface area (Å²) in [4.78, 5) is 26.8. The number of nitrogens with zero attached hydrogens (tertiary/aromatic N) is 3. The number of carbonyl (C=O) groups excluding carboxylic acids is 1. The van der Waals surface area contributed by atoms with E-state index in [9.17, 15) is 4.79 Å². The van der Waals surface area contributed by atoms with Crippen molar-refractivity contribution in [2.45, 2.75) is 52.0 Å². The van der Waals surface area contributed by atoms with Crippen LogP contribution in [0.1, 0.15) is 62.5 Å². The van der Waals surface area contributed by atoms with Crippen molar-refractivity contribution in [2.75, 3.05) is 0 Å². The van der Waals surface area contributed by atoms with E-state index in [-0.39, 0.29) is 17.4 Å². The van der Waals surface area contributed by atoms with Crippen LogP contribution in [0.15, 0.2) is 48.9 Å². The molecule has 0 atom stereocenters. The standard InChI is InChI=1S/C25H27ClN4O/c1-15(2)23-20(13-27-14-28-23)22-12-17(24(31)30-25(3,4)18-7-8-18)11-21(29-22)16-5-9-19(26)10-6-16/h5-6,9-15,18H,7-8H2,1-4H3,(H,30,31). The van der Waals surface area contributed by atoms with E-state index in [2.05, 4.69) is 43.0 Å². The minimum absolute atomic E-state index is 0.0984. The fraction of sp³-hybridized carbons (Fsp3) is 0.360. The predicted octanol–water partition coefficient (Wildman–Crippen LogP) is 5.90. The molecule has 1 aliphatic carbocycles. The van der Waals surface area contributed by atoms with E-state index < -0.39 is 0 Å². The summed E-state index contributed by atoms with van der Waals surface area (Å²) < 4.78 is 0. The molecule has 1 aliphatic rings. The predicted molar refractivity (Wildman–Crippen MR) is 124 cm³/mol. The molecule has 4 rings (SSSR count). The highest BCUT2D eigenvalue weighted by atomic mass is 35.5. The Bertz CT molecular complexity index is 1100. The number of hydrogen-bond donors (Lipinski definition) is 1. The first-order valence-corrected chi connectivity index (χ1v) is 11.0. The molecule has 0 aliphatic heterocycles. The molecule has 1 fully saturated rings. The molecule has 6 heteroatoms. The van der Waals surface area contributed by atoms with Crippen LogP contribution in [0.5, 0.6) is 0 Å². The van der Waals surface area contributed by atoms with E-state index in [1.807, 2.05) is 36.4 Å². The lowest BCUT2D eigenvalue weighted by Crippen LogP contribution is -2.45. The number of halogens is 1. The molecule has 1 aromatic carbocycles. The fourth-order valence-electron chi connectivity index (χ4n) is 3.84. The third kappa shape index (κ3) is 4.77. The van der Waals surface area contributed by atoms with Gasteiger partial charge in [-0.25, -0.2) is 15.0 Å². The smallest absolute Gasteiger partial charge is 0.251 e. The second-order valence-electron chi connectivity index (χ2n) is 9.06. The second-order valence-corrected chi connectivity index (χ2v) is 9.50. The maximum Gasteiger partial charge on any atom is 0.251 e. The zero-order valence-corrected chi connectivity index (χ0v) is 19.1. The SMILES string of the molecule is CC(C)c1ncncc1-c1cc(C(=O)NC(C)(C)C2CC2)cc(-c2ccc(Cl)cc2)n1. The first-order valence-electron chi connectivity index (χ1n) is 10.7. The van der Waals surface area contributed by atoms with Gasteiger partial charge in [0.15, 0.2) is 0 Å². The summed E-state index contributed by atoms with van der Waals surface area (Å²) in [6.45, 7) is 8.35. The molecule has 5 nitrogen and oxygen atoms in total. The van der Waals surface area contributed by atoms with E-state index in [0.717, 1.165) is 29.7 Å². The van der Waals surface area contributed by atoms with Crippen LogP contribution in [-0.4, -0.2) is 26.4 Å². The summed E-state index contributed by atoms with van der Waals surface area (Å²) in [7, 11) is 0. The number of nitrogens with one attached hydrogen (secondary N) is 1. The molecule has 0 saturated heterocycles. The molecule has 0 radical (unpaired) electrons. The van der Waals surface area contributed by atoms with Crippen LogP contribution >= 0.6 is 11.6 Å². The second kappa shape index (κ2) is 8.39. The van der Waals surface area contributed by atoms with Crippen molar-refractivity contribution < 1.29 is 4.79 Å². The van der Waals surface area contributed by atoms with Crippen molar-refractivity contribution >= 4 is 17.5 Å². The zero-order chi connectivity index (χ0) is 22.2. The molecule has 0 bridgehead atoms. The number of pyridine rings is 1. The van der Waals surface area contributed by atoms with Gasteiger partial charge < -0.3 is 5.32 Å². The third-order valence-corrected chi connectivity index (χ3v) is 6.08. The lowest BCUT2D eigenvalue weighted by Gasteiger charge is -2.26. The van der Waals surface area contributed by atoms with E-state index >= 15 is 0 Å². The van der Waals surface area contributed by atoms with Crippen LogP contribution in [0.3, 0.4) is 0 Å². The normalized spacial score (nSPS) is 14.0. The van der Waals surface area contributed by atoms with Gasteiger partial charge in [0.2, 0.25) is 0 Å². The van der Waals surface area contributed by atoms with Gasteiger partial charge in [-0.3, -0.25) is 4.79 Å². The van der Waals surface area contributed by atoms with Crippen molar-refractivity contribution in [3.63, 3.8) is 0 Å². The topological polar surface area (TPSA) is 67.8 Å². The molecular formula is C25H27ClN4O. The molecule has 1 amide bonds. The zero-order valence-electron chi connectivity index (χ0n) is 18.3. The maximum atomic E-state index is 13.2. The van der Waals surface area contributed by atoms with Crippen LogP contribution in [0.4, 0.5) is 0 Å². The summed E-state index contributed by atoms with van der Waals surface area (Å²) >= 11 is 6.07. The molecule has 0 unspecified atom stereocenters. The van der Waals surface area contributed by atoms with Crippen molar-refractivity contribution in [3.8, 4) is 22.5 Å². The van der Waals surface area contributed by atoms with Crippen molar-refractivity contribution in [3.05, 3.63) is 65.2 Å². The maximum absolute atomic E-state index is 13.2. The minimum atomic E-state index is -0.236. The molecule has 1 saturated carbocycles. The Morgan fingerprint density at radius 1 is 1.13 bits per heavy atom. The van der Waals surface area contributed by atoms with Gasteiger partial charge in [-0.1, -0.05) is 37.6 Å². The average molecular weight is 435 g/mol. The molecular weight excluding hydrogens is 408 g/mol. The molecule has 160 valence electrons. The Labute approximate surface area is 188 Å². The first-order chi connectivity index (χ1) is 14.7. The van der Waals surface area contributed by atoms with E-state index in [4.69, 9.17) is 16.6 Å². The average Bonchev–Trinajstić information content (AvgIpc) is 3.60. The van der Waals surface area contributed by atoms with Gasteiger partial charge in [-0.2, -0.15) is 0 Å². The van der Waals surface area contributed by atoms with Crippen LogP contribution in [0.2, 0.25) is 5.02 Å². The van der Waals surface area contributed by atoms with Gasteiger partial charge in [0.1, 0.15) is 6.33 Å². The summed E-state index contributed by atoms with van der Waals surface area (Å²) in [6.07, 6.45) is 5.63. The van der Waals surface area contributed by atoms with Crippen molar-refractivity contribution in [1.82, 2.24) is 20.3 Å². The molecule has 1 N–H and O–H groups in total. The van der Waals surface area contributed by atoms with Crippen LogP contribution in [0.25, 0.3) is 22.5 Å². The van der Waals surface area contributed by atoms with Gasteiger partial charge in [0, 0.05) is 33.4 Å². The first kappa shape index (κ1) is 21.4. The quantitative estimate of drug-likeness (QED) is 0.524. The van der Waals surface area contributed by atoms with Gasteiger partial charge in [-0.15, -0.1) is 0 Å². The van der Waals surface area contributed by atoms with Crippen LogP contribution in [0, 0.1) is 5.92 Å². The summed E-state index contributed by atoms with van der Waals surface area (Å²) in [5.74, 6) is 0.632. The van der Waals surface area contributed by atoms with Gasteiger partial charge in [0.25, 0.3) is 5.91 Å². The Kier molecular flexibility index (Phi) is 5.80. The number of carbonyl (C=O) groups is 1. The summed E-state index contributed by atoms with van der Waals surface area (Å²) in [5, 5.41) is 3.87. The molecule has 2 heterocycles. The lowest BCUT2D eigenvalue weighted by atomic mass is 9.97. The minimum Gasteiger partial charge on any atom is -0.347 e. The van der Waals surface area contributed by atoms with Crippen LogP contribution < -0.4 is 5.32 Å². The molecule has 2 aromatic heterocycles. The van der Waals surface area contributed by atoms with Crippen molar-refractivity contribution in [2.24, 2.45) is 5.92 Å². The molecule has 31 heavy (non-hydrogen) atoms. The van der Waals surface area contributed by atoms with Crippen molar-refractivity contribution in [1.29, 1.82) is 0 Å². The van der Waals surface area contributed by atoms with E-state index in [1.54, 1.807) is 12.5 Å². The summed E-state index contributed by atoms with van der Waals surface area (Å²) in [6, 6.07) is 11.1. The number of aromatic nitrogens is 3. The molecule has 3 aromatic rings. The number of amides is 1. The monoisotopic (exact) mass is 434 g/mol.